The molecule has 0 bridgehead atoms. The van der Waals surface area contributed by atoms with E-state index in [4.69, 9.17) is 4.74 Å². The van der Waals surface area contributed by atoms with Gasteiger partial charge in [-0.25, -0.2) is 0 Å². The summed E-state index contributed by atoms with van der Waals surface area (Å²) in [5.74, 6) is 0.974. The first kappa shape index (κ1) is 14.0. The molecular weight excluding hydrogens is 210 g/mol. The molecule has 0 spiro atoms. The summed E-state index contributed by atoms with van der Waals surface area (Å²) in [4.78, 5) is 0. The normalized spacial score (nSPS) is 14.4. The quantitative estimate of drug-likeness (QED) is 0.773. The molecule has 0 amide bonds. The van der Waals surface area contributed by atoms with E-state index < -0.39 is 0 Å². The lowest BCUT2D eigenvalue weighted by Crippen LogP contribution is -2.28. The van der Waals surface area contributed by atoms with Gasteiger partial charge in [0.25, 0.3) is 0 Å². The molecule has 2 heteroatoms. The minimum atomic E-state index is 0.370. The summed E-state index contributed by atoms with van der Waals surface area (Å²) in [6.45, 7) is 9.53. The maximum Gasteiger partial charge on any atom is 0.119 e. The van der Waals surface area contributed by atoms with E-state index >= 15 is 0 Å². The van der Waals surface area contributed by atoms with E-state index in [9.17, 15) is 0 Å². The van der Waals surface area contributed by atoms with E-state index in [1.165, 1.54) is 5.56 Å². The summed E-state index contributed by atoms with van der Waals surface area (Å²) in [5, 5.41) is 3.57. The molecule has 2 nitrogen and oxygen atoms in total. The molecule has 0 aliphatic carbocycles. The molecule has 1 aromatic rings. The number of nitrogens with one attached hydrogen (secondary N) is 1. The Morgan fingerprint density at radius 3 is 2.65 bits per heavy atom. The topological polar surface area (TPSA) is 21.3 Å². The molecule has 0 unspecified atom stereocenters. The van der Waals surface area contributed by atoms with Crippen LogP contribution in [-0.4, -0.2) is 12.6 Å². The third kappa shape index (κ3) is 4.78. The molecule has 0 saturated heterocycles. The van der Waals surface area contributed by atoms with Gasteiger partial charge in [-0.05, 0) is 44.4 Å². The molecular formula is C15H25NO. The highest BCUT2D eigenvalue weighted by Gasteiger charge is 2.08. The van der Waals surface area contributed by atoms with E-state index in [1.807, 2.05) is 6.07 Å². The van der Waals surface area contributed by atoms with Crippen molar-refractivity contribution in [3.63, 3.8) is 0 Å². The Bertz CT molecular complexity index is 324. The van der Waals surface area contributed by atoms with Gasteiger partial charge in [0.2, 0.25) is 0 Å². The van der Waals surface area contributed by atoms with Crippen molar-refractivity contribution >= 4 is 0 Å². The molecule has 0 aliphatic heterocycles. The minimum Gasteiger partial charge on any atom is -0.494 e. The highest BCUT2D eigenvalue weighted by atomic mass is 16.5. The largest absolute Gasteiger partial charge is 0.494 e. The SMILES string of the molecule is CCCOc1cccc([C@@H](C)N[C@H](C)CC)c1. The third-order valence-electron chi connectivity index (χ3n) is 2.98. The molecule has 0 fully saturated rings. The van der Waals surface area contributed by atoms with Gasteiger partial charge in [-0.3, -0.25) is 0 Å². The van der Waals surface area contributed by atoms with Crippen molar-refractivity contribution in [3.05, 3.63) is 29.8 Å². The van der Waals surface area contributed by atoms with Gasteiger partial charge in [0.05, 0.1) is 6.61 Å². The molecule has 1 rings (SSSR count). The highest BCUT2D eigenvalue weighted by molar-refractivity contribution is 5.30. The van der Waals surface area contributed by atoms with Crippen molar-refractivity contribution < 1.29 is 4.74 Å². The molecule has 0 saturated carbocycles. The summed E-state index contributed by atoms with van der Waals surface area (Å²) in [6, 6.07) is 9.29. The first-order chi connectivity index (χ1) is 8.17. The summed E-state index contributed by atoms with van der Waals surface area (Å²) < 4.78 is 5.65. The maximum absolute atomic E-state index is 5.65. The lowest BCUT2D eigenvalue weighted by Gasteiger charge is -2.19. The van der Waals surface area contributed by atoms with E-state index in [-0.39, 0.29) is 0 Å². The van der Waals surface area contributed by atoms with Crippen LogP contribution in [0, 0.1) is 0 Å². The zero-order valence-corrected chi connectivity index (χ0v) is 11.5. The average Bonchev–Trinajstić information content (AvgIpc) is 2.36. The molecule has 2 atom stereocenters. The third-order valence-corrected chi connectivity index (χ3v) is 2.98. The Kier molecular flexibility index (Phi) is 6.06. The first-order valence-corrected chi connectivity index (χ1v) is 6.66. The number of ether oxygens (including phenoxy) is 1. The van der Waals surface area contributed by atoms with Crippen LogP contribution in [0.25, 0.3) is 0 Å². The van der Waals surface area contributed by atoms with Gasteiger partial charge >= 0.3 is 0 Å². The number of hydrogen-bond acceptors (Lipinski definition) is 2. The van der Waals surface area contributed by atoms with Crippen molar-refractivity contribution in [3.8, 4) is 5.75 Å². The second kappa shape index (κ2) is 7.33. The van der Waals surface area contributed by atoms with Crippen LogP contribution in [0.3, 0.4) is 0 Å². The van der Waals surface area contributed by atoms with Gasteiger partial charge in [0.1, 0.15) is 5.75 Å². The minimum absolute atomic E-state index is 0.370. The fourth-order valence-electron chi connectivity index (χ4n) is 1.73. The summed E-state index contributed by atoms with van der Waals surface area (Å²) in [5.41, 5.74) is 1.29. The lowest BCUT2D eigenvalue weighted by atomic mass is 10.1. The number of hydrogen-bond donors (Lipinski definition) is 1. The molecule has 96 valence electrons. The van der Waals surface area contributed by atoms with Crippen molar-refractivity contribution in [1.29, 1.82) is 0 Å². The molecule has 0 heterocycles. The van der Waals surface area contributed by atoms with E-state index in [0.29, 0.717) is 12.1 Å². The van der Waals surface area contributed by atoms with Gasteiger partial charge in [-0.2, -0.15) is 0 Å². The molecule has 0 aliphatic rings. The lowest BCUT2D eigenvalue weighted by molar-refractivity contribution is 0.316. The second-order valence-corrected chi connectivity index (χ2v) is 4.62. The predicted octanol–water partition coefficient (Wildman–Crippen LogP) is 3.92. The van der Waals surface area contributed by atoms with Gasteiger partial charge in [0, 0.05) is 12.1 Å². The second-order valence-electron chi connectivity index (χ2n) is 4.62. The predicted molar refractivity (Wildman–Crippen MR) is 73.5 cm³/mol. The zero-order valence-electron chi connectivity index (χ0n) is 11.5. The Morgan fingerprint density at radius 1 is 1.24 bits per heavy atom. The Labute approximate surface area is 105 Å². The smallest absolute Gasteiger partial charge is 0.119 e. The zero-order chi connectivity index (χ0) is 12.7. The van der Waals surface area contributed by atoms with E-state index in [0.717, 1.165) is 25.2 Å². The van der Waals surface area contributed by atoms with Crippen LogP contribution in [0.15, 0.2) is 24.3 Å². The number of rotatable bonds is 7. The van der Waals surface area contributed by atoms with Crippen molar-refractivity contribution in [2.75, 3.05) is 6.61 Å². The Hall–Kier alpha value is -1.02. The van der Waals surface area contributed by atoms with Crippen molar-refractivity contribution in [2.45, 2.75) is 52.6 Å². The monoisotopic (exact) mass is 235 g/mol. The van der Waals surface area contributed by atoms with Gasteiger partial charge in [0.15, 0.2) is 0 Å². The summed E-state index contributed by atoms with van der Waals surface area (Å²) in [7, 11) is 0. The van der Waals surface area contributed by atoms with Crippen LogP contribution >= 0.6 is 0 Å². The summed E-state index contributed by atoms with van der Waals surface area (Å²) >= 11 is 0. The molecule has 0 radical (unpaired) electrons. The van der Waals surface area contributed by atoms with Crippen LogP contribution < -0.4 is 10.1 Å². The van der Waals surface area contributed by atoms with Crippen molar-refractivity contribution in [1.82, 2.24) is 5.32 Å². The standard InChI is InChI=1S/C15H25NO/c1-5-10-17-15-9-7-8-14(11-15)13(4)16-12(3)6-2/h7-9,11-13,16H,5-6,10H2,1-4H3/t12-,13-/m1/s1. The summed E-state index contributed by atoms with van der Waals surface area (Å²) in [6.07, 6.45) is 2.20. The van der Waals surface area contributed by atoms with E-state index in [1.54, 1.807) is 0 Å². The molecule has 17 heavy (non-hydrogen) atoms. The number of benzene rings is 1. The van der Waals surface area contributed by atoms with Gasteiger partial charge in [-0.15, -0.1) is 0 Å². The van der Waals surface area contributed by atoms with Crippen LogP contribution in [0.5, 0.6) is 5.75 Å². The average molecular weight is 235 g/mol. The van der Waals surface area contributed by atoms with Crippen LogP contribution in [-0.2, 0) is 0 Å². The highest BCUT2D eigenvalue weighted by Crippen LogP contribution is 2.19. The van der Waals surface area contributed by atoms with E-state index in [2.05, 4.69) is 51.2 Å². The molecule has 1 N–H and O–H groups in total. The molecule has 0 aromatic heterocycles. The maximum atomic E-state index is 5.65. The fraction of sp³-hybridized carbons (Fsp3) is 0.600. The van der Waals surface area contributed by atoms with Crippen LogP contribution in [0.1, 0.15) is 52.1 Å². The van der Waals surface area contributed by atoms with Crippen LogP contribution in [0.2, 0.25) is 0 Å². The fourth-order valence-corrected chi connectivity index (χ4v) is 1.73. The molecule has 1 aromatic carbocycles. The Morgan fingerprint density at radius 2 is 2.00 bits per heavy atom. The Balaban J connectivity index is 2.63. The van der Waals surface area contributed by atoms with Crippen LogP contribution in [0.4, 0.5) is 0 Å². The van der Waals surface area contributed by atoms with Gasteiger partial charge < -0.3 is 10.1 Å². The van der Waals surface area contributed by atoms with Crippen molar-refractivity contribution in [2.24, 2.45) is 0 Å². The first-order valence-electron chi connectivity index (χ1n) is 6.66. The van der Waals surface area contributed by atoms with Gasteiger partial charge in [-0.1, -0.05) is 26.0 Å².